The van der Waals surface area contributed by atoms with Gasteiger partial charge in [0.25, 0.3) is 0 Å². The third-order valence-corrected chi connectivity index (χ3v) is 4.65. The molecule has 0 spiro atoms. The molecule has 0 fully saturated rings. The highest BCUT2D eigenvalue weighted by Gasteiger charge is 2.14. The Morgan fingerprint density at radius 1 is 0.926 bits per heavy atom. The van der Waals surface area contributed by atoms with Crippen LogP contribution in [0.1, 0.15) is 18.1 Å². The van der Waals surface area contributed by atoms with Gasteiger partial charge in [-0.25, -0.2) is 0 Å². The second-order valence-electron chi connectivity index (χ2n) is 6.67. The zero-order valence-corrected chi connectivity index (χ0v) is 15.7. The summed E-state index contributed by atoms with van der Waals surface area (Å²) in [6, 6.07) is 21.8. The Kier molecular flexibility index (Phi) is 5.87. The van der Waals surface area contributed by atoms with Crippen molar-refractivity contribution in [2.75, 3.05) is 18.9 Å². The van der Waals surface area contributed by atoms with E-state index in [1.807, 2.05) is 73.7 Å². The van der Waals surface area contributed by atoms with Crippen molar-refractivity contribution in [3.05, 3.63) is 77.9 Å². The van der Waals surface area contributed by atoms with Gasteiger partial charge < -0.3 is 10.2 Å². The number of hydrogen-bond donors (Lipinski definition) is 1. The number of carbonyl (C=O) groups is 2. The molecule has 0 saturated heterocycles. The van der Waals surface area contributed by atoms with Gasteiger partial charge in [0.05, 0.1) is 13.0 Å². The van der Waals surface area contributed by atoms with Crippen molar-refractivity contribution in [3.8, 4) is 0 Å². The van der Waals surface area contributed by atoms with Crippen molar-refractivity contribution >= 4 is 28.3 Å². The Bertz CT molecular complexity index is 965. The first kappa shape index (κ1) is 18.6. The third-order valence-electron chi connectivity index (χ3n) is 4.65. The molecule has 138 valence electrons. The second kappa shape index (κ2) is 8.49. The average Bonchev–Trinajstić information content (AvgIpc) is 2.68. The molecule has 0 saturated carbocycles. The van der Waals surface area contributed by atoms with E-state index in [1.165, 1.54) is 4.90 Å². The maximum atomic E-state index is 12.5. The molecule has 3 aromatic rings. The lowest BCUT2D eigenvalue weighted by Gasteiger charge is -2.18. The highest BCUT2D eigenvalue weighted by Crippen LogP contribution is 2.17. The van der Waals surface area contributed by atoms with Gasteiger partial charge >= 0.3 is 0 Å². The van der Waals surface area contributed by atoms with Crippen molar-refractivity contribution in [3.63, 3.8) is 0 Å². The van der Waals surface area contributed by atoms with Crippen molar-refractivity contribution in [1.82, 2.24) is 4.90 Å². The first-order chi connectivity index (χ1) is 13.1. The summed E-state index contributed by atoms with van der Waals surface area (Å²) in [4.78, 5) is 26.3. The molecule has 0 bridgehead atoms. The van der Waals surface area contributed by atoms with E-state index < -0.39 is 0 Å². The van der Waals surface area contributed by atoms with Crippen LogP contribution in [0.25, 0.3) is 10.8 Å². The molecule has 0 aromatic heterocycles. The number of nitrogens with one attached hydrogen (secondary N) is 1. The summed E-state index contributed by atoms with van der Waals surface area (Å²) in [5.41, 5.74) is 2.83. The van der Waals surface area contributed by atoms with Gasteiger partial charge in [-0.05, 0) is 34.4 Å². The standard InChI is InChI=1S/C23H24N2O2/c1-3-18-8-6-7-11-21(18)24-22(26)16-25(2)23(27)15-17-12-13-19-9-4-5-10-20(19)14-17/h4-14H,3,15-16H2,1-2H3,(H,24,26). The Morgan fingerprint density at radius 2 is 1.63 bits per heavy atom. The summed E-state index contributed by atoms with van der Waals surface area (Å²) in [5, 5.41) is 5.16. The molecule has 3 aromatic carbocycles. The maximum Gasteiger partial charge on any atom is 0.243 e. The number of carbonyl (C=O) groups excluding carboxylic acids is 2. The number of hydrogen-bond acceptors (Lipinski definition) is 2. The monoisotopic (exact) mass is 360 g/mol. The summed E-state index contributed by atoms with van der Waals surface area (Å²) >= 11 is 0. The van der Waals surface area contributed by atoms with Gasteiger partial charge in [-0.2, -0.15) is 0 Å². The number of benzene rings is 3. The predicted octanol–water partition coefficient (Wildman–Crippen LogP) is 4.04. The van der Waals surface area contributed by atoms with E-state index in [2.05, 4.69) is 5.32 Å². The Morgan fingerprint density at radius 3 is 2.41 bits per heavy atom. The van der Waals surface area contributed by atoms with Crippen molar-refractivity contribution in [2.24, 2.45) is 0 Å². The first-order valence-corrected chi connectivity index (χ1v) is 9.16. The number of likely N-dealkylation sites (N-methyl/N-ethyl adjacent to an activating group) is 1. The topological polar surface area (TPSA) is 49.4 Å². The number of anilines is 1. The average molecular weight is 360 g/mol. The molecule has 0 radical (unpaired) electrons. The fourth-order valence-electron chi connectivity index (χ4n) is 3.10. The van der Waals surface area contributed by atoms with Crippen molar-refractivity contribution in [1.29, 1.82) is 0 Å². The number of rotatable bonds is 6. The van der Waals surface area contributed by atoms with E-state index in [0.29, 0.717) is 0 Å². The van der Waals surface area contributed by atoms with Gasteiger partial charge in [0, 0.05) is 12.7 Å². The maximum absolute atomic E-state index is 12.5. The summed E-state index contributed by atoms with van der Waals surface area (Å²) in [6.45, 7) is 2.08. The summed E-state index contributed by atoms with van der Waals surface area (Å²) in [7, 11) is 1.66. The lowest BCUT2D eigenvalue weighted by molar-refractivity contribution is -0.132. The largest absolute Gasteiger partial charge is 0.336 e. The quantitative estimate of drug-likeness (QED) is 0.721. The zero-order valence-electron chi connectivity index (χ0n) is 15.7. The zero-order chi connectivity index (χ0) is 19.2. The highest BCUT2D eigenvalue weighted by atomic mass is 16.2. The van der Waals surface area contributed by atoms with Crippen molar-refractivity contribution < 1.29 is 9.59 Å². The molecule has 2 amide bonds. The number of nitrogens with zero attached hydrogens (tertiary/aromatic N) is 1. The van der Waals surface area contributed by atoms with Crippen LogP contribution in [0.2, 0.25) is 0 Å². The lowest BCUT2D eigenvalue weighted by Crippen LogP contribution is -2.35. The van der Waals surface area contributed by atoms with Gasteiger partial charge in [0.1, 0.15) is 0 Å². The summed E-state index contributed by atoms with van der Waals surface area (Å²) < 4.78 is 0. The Hall–Kier alpha value is -3.14. The van der Waals surface area contributed by atoms with Gasteiger partial charge in [0.15, 0.2) is 0 Å². The third kappa shape index (κ3) is 4.73. The highest BCUT2D eigenvalue weighted by molar-refractivity contribution is 5.95. The van der Waals surface area contributed by atoms with Gasteiger partial charge in [-0.15, -0.1) is 0 Å². The van der Waals surface area contributed by atoms with Crippen LogP contribution < -0.4 is 5.32 Å². The van der Waals surface area contributed by atoms with E-state index >= 15 is 0 Å². The smallest absolute Gasteiger partial charge is 0.243 e. The minimum absolute atomic E-state index is 0.0322. The van der Waals surface area contributed by atoms with Crippen LogP contribution in [0.3, 0.4) is 0 Å². The molecule has 0 aliphatic heterocycles. The number of fused-ring (bicyclic) bond motifs is 1. The molecule has 4 heteroatoms. The van der Waals surface area contributed by atoms with E-state index in [0.717, 1.165) is 34.0 Å². The van der Waals surface area contributed by atoms with Crippen molar-refractivity contribution in [2.45, 2.75) is 19.8 Å². The molecule has 1 N–H and O–H groups in total. The normalized spacial score (nSPS) is 10.6. The molecular formula is C23H24N2O2. The van der Waals surface area contributed by atoms with Crippen LogP contribution >= 0.6 is 0 Å². The van der Waals surface area contributed by atoms with Crippen LogP contribution in [0.15, 0.2) is 66.7 Å². The molecular weight excluding hydrogens is 336 g/mol. The molecule has 0 atom stereocenters. The van der Waals surface area contributed by atoms with E-state index in [-0.39, 0.29) is 24.8 Å². The molecule has 0 unspecified atom stereocenters. The van der Waals surface area contributed by atoms with Gasteiger partial charge in [-0.3, -0.25) is 9.59 Å². The van der Waals surface area contributed by atoms with E-state index in [9.17, 15) is 9.59 Å². The van der Waals surface area contributed by atoms with Crippen LogP contribution in [-0.4, -0.2) is 30.3 Å². The molecule has 27 heavy (non-hydrogen) atoms. The summed E-state index contributed by atoms with van der Waals surface area (Å²) in [6.07, 6.45) is 1.12. The van der Waals surface area contributed by atoms with Gasteiger partial charge in [-0.1, -0.05) is 67.6 Å². The molecule has 0 heterocycles. The lowest BCUT2D eigenvalue weighted by atomic mass is 10.0. The SMILES string of the molecule is CCc1ccccc1NC(=O)CN(C)C(=O)Cc1ccc2ccccc2c1. The molecule has 3 rings (SSSR count). The number of aryl methyl sites for hydroxylation is 1. The second-order valence-corrected chi connectivity index (χ2v) is 6.67. The number of para-hydroxylation sites is 1. The first-order valence-electron chi connectivity index (χ1n) is 9.16. The fourth-order valence-corrected chi connectivity index (χ4v) is 3.10. The van der Waals surface area contributed by atoms with E-state index in [4.69, 9.17) is 0 Å². The van der Waals surface area contributed by atoms with Crippen LogP contribution in [0, 0.1) is 0 Å². The van der Waals surface area contributed by atoms with Crippen LogP contribution in [0.5, 0.6) is 0 Å². The predicted molar refractivity (Wildman–Crippen MR) is 110 cm³/mol. The Labute approximate surface area is 159 Å². The number of amides is 2. The van der Waals surface area contributed by atoms with Crippen LogP contribution in [-0.2, 0) is 22.4 Å². The minimum atomic E-state index is -0.190. The molecule has 4 nitrogen and oxygen atoms in total. The Balaban J connectivity index is 1.60. The molecule has 0 aliphatic rings. The van der Waals surface area contributed by atoms with Crippen LogP contribution in [0.4, 0.5) is 5.69 Å². The van der Waals surface area contributed by atoms with E-state index in [1.54, 1.807) is 7.05 Å². The van der Waals surface area contributed by atoms with Gasteiger partial charge in [0.2, 0.25) is 11.8 Å². The summed E-state index contributed by atoms with van der Waals surface area (Å²) in [5.74, 6) is -0.269. The fraction of sp³-hybridized carbons (Fsp3) is 0.217. The molecule has 0 aliphatic carbocycles. The minimum Gasteiger partial charge on any atom is -0.336 e.